The molecule has 0 spiro atoms. The van der Waals surface area contributed by atoms with Gasteiger partial charge in [0.25, 0.3) is 11.8 Å². The normalized spacial score (nSPS) is 11.7. The molecule has 144 valence electrons. The summed E-state index contributed by atoms with van der Waals surface area (Å²) in [6.45, 7) is 3.18. The maximum absolute atomic E-state index is 12.4. The lowest BCUT2D eigenvalue weighted by atomic mass is 10.0. The number of rotatable bonds is 8. The number of ether oxygens (including phenoxy) is 1. The van der Waals surface area contributed by atoms with Gasteiger partial charge in [-0.2, -0.15) is 0 Å². The highest BCUT2D eigenvalue weighted by Crippen LogP contribution is 2.24. The van der Waals surface area contributed by atoms with Crippen LogP contribution in [-0.2, 0) is 14.3 Å². The molecule has 2 rings (SSSR count). The summed E-state index contributed by atoms with van der Waals surface area (Å²) in [5.74, 6) is -1.58. The number of nitrogens with one attached hydrogen (secondary N) is 2. The number of hydrogen-bond acceptors (Lipinski definition) is 6. The third-order valence-corrected chi connectivity index (χ3v) is 5.34. The average molecular weight is 407 g/mol. The van der Waals surface area contributed by atoms with Crippen LogP contribution in [0.5, 0.6) is 0 Å². The largest absolute Gasteiger partial charge is 0.454 e. The molecule has 0 saturated heterocycles. The van der Waals surface area contributed by atoms with Crippen LogP contribution < -0.4 is 10.6 Å². The van der Waals surface area contributed by atoms with Crippen molar-refractivity contribution >= 4 is 46.6 Å². The lowest BCUT2D eigenvalue weighted by Crippen LogP contribution is -2.45. The summed E-state index contributed by atoms with van der Waals surface area (Å²) in [5, 5.41) is 7.18. The average Bonchev–Trinajstić information content (AvgIpc) is 3.19. The smallest absolute Gasteiger partial charge is 0.329 e. The Hall–Kier alpha value is -2.32. The number of thioether (sulfide) groups is 1. The van der Waals surface area contributed by atoms with Gasteiger partial charge in [-0.1, -0.05) is 32.0 Å². The van der Waals surface area contributed by atoms with E-state index in [1.807, 2.05) is 24.5 Å². The number of carbonyl (C=O) groups is 3. The van der Waals surface area contributed by atoms with Crippen molar-refractivity contribution in [1.29, 1.82) is 0 Å². The van der Waals surface area contributed by atoms with Crippen LogP contribution in [-0.4, -0.2) is 36.7 Å². The molecule has 0 unspecified atom stereocenters. The van der Waals surface area contributed by atoms with Gasteiger partial charge in [0, 0.05) is 4.90 Å². The molecule has 0 fully saturated rings. The molecule has 6 nitrogen and oxygen atoms in total. The first-order valence-corrected chi connectivity index (χ1v) is 10.5. The van der Waals surface area contributed by atoms with Crippen LogP contribution in [0.25, 0.3) is 0 Å². The Morgan fingerprint density at radius 2 is 1.89 bits per heavy atom. The molecule has 1 aromatic carbocycles. The van der Waals surface area contributed by atoms with Crippen LogP contribution in [0.3, 0.4) is 0 Å². The van der Waals surface area contributed by atoms with E-state index in [4.69, 9.17) is 4.74 Å². The van der Waals surface area contributed by atoms with Crippen molar-refractivity contribution in [3.63, 3.8) is 0 Å². The van der Waals surface area contributed by atoms with E-state index in [1.54, 1.807) is 37.4 Å². The monoisotopic (exact) mass is 406 g/mol. The zero-order valence-corrected chi connectivity index (χ0v) is 17.0. The minimum Gasteiger partial charge on any atom is -0.454 e. The lowest BCUT2D eigenvalue weighted by molar-refractivity contribution is -0.150. The minimum absolute atomic E-state index is 0.179. The summed E-state index contributed by atoms with van der Waals surface area (Å²) in [5.41, 5.74) is 0.664. The molecular formula is C19H22N2O4S2. The van der Waals surface area contributed by atoms with Gasteiger partial charge in [0.15, 0.2) is 6.61 Å². The van der Waals surface area contributed by atoms with Gasteiger partial charge >= 0.3 is 5.97 Å². The van der Waals surface area contributed by atoms with E-state index in [9.17, 15) is 14.4 Å². The van der Waals surface area contributed by atoms with Gasteiger partial charge in [-0.3, -0.25) is 9.59 Å². The number of carbonyl (C=O) groups excluding carboxylic acids is 3. The van der Waals surface area contributed by atoms with Crippen LogP contribution in [0.2, 0.25) is 0 Å². The van der Waals surface area contributed by atoms with E-state index >= 15 is 0 Å². The molecule has 2 aromatic rings. The summed E-state index contributed by atoms with van der Waals surface area (Å²) in [6, 6.07) is 9.98. The Balaban J connectivity index is 1.91. The Labute approximate surface area is 166 Å². The van der Waals surface area contributed by atoms with Gasteiger partial charge < -0.3 is 15.4 Å². The van der Waals surface area contributed by atoms with Crippen LogP contribution in [0, 0.1) is 5.92 Å². The number of anilines is 1. The van der Waals surface area contributed by atoms with Crippen molar-refractivity contribution in [2.24, 2.45) is 5.92 Å². The lowest BCUT2D eigenvalue weighted by Gasteiger charge is -2.20. The molecule has 0 aliphatic carbocycles. The first-order valence-electron chi connectivity index (χ1n) is 8.36. The van der Waals surface area contributed by atoms with Crippen LogP contribution in [0.15, 0.2) is 46.7 Å². The second-order valence-corrected chi connectivity index (χ2v) is 7.82. The fraction of sp³-hybridized carbons (Fsp3) is 0.316. The molecule has 0 radical (unpaired) electrons. The molecule has 1 heterocycles. The summed E-state index contributed by atoms with van der Waals surface area (Å²) in [7, 11) is 0. The molecule has 0 bridgehead atoms. The molecule has 8 heteroatoms. The maximum Gasteiger partial charge on any atom is 0.329 e. The van der Waals surface area contributed by atoms with Crippen molar-refractivity contribution in [1.82, 2.24) is 5.32 Å². The molecule has 2 N–H and O–H groups in total. The topological polar surface area (TPSA) is 84.5 Å². The summed E-state index contributed by atoms with van der Waals surface area (Å²) in [6.07, 6.45) is 1.91. The first kappa shape index (κ1) is 21.0. The van der Waals surface area contributed by atoms with Gasteiger partial charge in [-0.25, -0.2) is 4.79 Å². The van der Waals surface area contributed by atoms with Gasteiger partial charge in [0.2, 0.25) is 0 Å². The molecule has 1 aromatic heterocycles. The number of esters is 1. The molecule has 0 saturated carbocycles. The van der Waals surface area contributed by atoms with E-state index in [0.29, 0.717) is 10.6 Å². The number of thiophene rings is 1. The Bertz CT molecular complexity index is 791. The second-order valence-electron chi connectivity index (χ2n) is 6.03. The number of benzene rings is 1. The molecule has 27 heavy (non-hydrogen) atoms. The van der Waals surface area contributed by atoms with E-state index in [2.05, 4.69) is 10.6 Å². The van der Waals surface area contributed by atoms with E-state index in [1.165, 1.54) is 23.1 Å². The number of hydrogen-bond donors (Lipinski definition) is 2. The SMILES string of the molecule is CSc1ccccc1NC(=O)COC(=O)[C@@H](NC(=O)c1cccs1)C(C)C. The van der Waals surface area contributed by atoms with E-state index in [0.717, 1.165) is 4.90 Å². The highest BCUT2D eigenvalue weighted by atomic mass is 32.2. The van der Waals surface area contributed by atoms with Crippen molar-refractivity contribution < 1.29 is 19.1 Å². The second kappa shape index (κ2) is 10.1. The van der Waals surface area contributed by atoms with E-state index < -0.39 is 24.5 Å². The maximum atomic E-state index is 12.4. The van der Waals surface area contributed by atoms with E-state index in [-0.39, 0.29) is 11.8 Å². The van der Waals surface area contributed by atoms with Crippen molar-refractivity contribution in [2.45, 2.75) is 24.8 Å². The van der Waals surface area contributed by atoms with Gasteiger partial charge in [-0.15, -0.1) is 23.1 Å². The third kappa shape index (κ3) is 6.11. The van der Waals surface area contributed by atoms with Crippen molar-refractivity contribution in [3.05, 3.63) is 46.7 Å². The molecule has 0 aliphatic heterocycles. The predicted octanol–water partition coefficient (Wildman–Crippen LogP) is 3.41. The predicted molar refractivity (Wildman–Crippen MR) is 108 cm³/mol. The fourth-order valence-electron chi connectivity index (χ4n) is 2.28. The van der Waals surface area contributed by atoms with Crippen molar-refractivity contribution in [3.8, 4) is 0 Å². The van der Waals surface area contributed by atoms with Crippen LogP contribution in [0.1, 0.15) is 23.5 Å². The highest BCUT2D eigenvalue weighted by molar-refractivity contribution is 7.98. The quantitative estimate of drug-likeness (QED) is 0.518. The van der Waals surface area contributed by atoms with Crippen LogP contribution >= 0.6 is 23.1 Å². The zero-order valence-electron chi connectivity index (χ0n) is 15.4. The van der Waals surface area contributed by atoms with Gasteiger partial charge in [-0.05, 0) is 35.8 Å². The third-order valence-electron chi connectivity index (χ3n) is 3.68. The summed E-state index contributed by atoms with van der Waals surface area (Å²) in [4.78, 5) is 38.1. The molecule has 1 atom stereocenters. The van der Waals surface area contributed by atoms with Gasteiger partial charge in [0.05, 0.1) is 10.6 Å². The fourth-order valence-corrected chi connectivity index (χ4v) is 3.46. The van der Waals surface area contributed by atoms with Gasteiger partial charge in [0.1, 0.15) is 6.04 Å². The highest BCUT2D eigenvalue weighted by Gasteiger charge is 2.27. The standard InChI is InChI=1S/C19H22N2O4S2/c1-12(2)17(21-18(23)15-9-6-10-27-15)19(24)25-11-16(22)20-13-7-4-5-8-14(13)26-3/h4-10,12,17H,11H2,1-3H3,(H,20,22)(H,21,23)/t17-/m0/s1. The van der Waals surface area contributed by atoms with Crippen LogP contribution in [0.4, 0.5) is 5.69 Å². The zero-order chi connectivity index (χ0) is 19.8. The Morgan fingerprint density at radius 3 is 2.52 bits per heavy atom. The number of amides is 2. The molecular weight excluding hydrogens is 384 g/mol. The summed E-state index contributed by atoms with van der Waals surface area (Å²) < 4.78 is 5.12. The summed E-state index contributed by atoms with van der Waals surface area (Å²) >= 11 is 2.80. The molecule has 0 aliphatic rings. The Kier molecular flexibility index (Phi) is 7.87. The minimum atomic E-state index is -0.828. The Morgan fingerprint density at radius 1 is 1.15 bits per heavy atom. The number of para-hydroxylation sites is 1. The van der Waals surface area contributed by atoms with Crippen molar-refractivity contribution in [2.75, 3.05) is 18.2 Å². The first-order chi connectivity index (χ1) is 12.9. The molecule has 2 amide bonds.